The molecule has 5 heteroatoms. The van der Waals surface area contributed by atoms with Crippen molar-refractivity contribution in [1.82, 2.24) is 5.32 Å². The zero-order chi connectivity index (χ0) is 16.7. The summed E-state index contributed by atoms with van der Waals surface area (Å²) >= 11 is 0. The van der Waals surface area contributed by atoms with Crippen molar-refractivity contribution in [2.24, 2.45) is 0 Å². The number of rotatable bonds is 7. The normalized spacial score (nSPS) is 11.5. The Kier molecular flexibility index (Phi) is 5.74. The van der Waals surface area contributed by atoms with Crippen LogP contribution in [-0.2, 0) is 11.2 Å². The largest absolute Gasteiger partial charge is 0.494 e. The van der Waals surface area contributed by atoms with Crippen molar-refractivity contribution >= 4 is 11.9 Å². The third kappa shape index (κ3) is 4.85. The lowest BCUT2D eigenvalue weighted by molar-refractivity contribution is -0.139. The van der Waals surface area contributed by atoms with Gasteiger partial charge in [-0.1, -0.05) is 30.3 Å². The van der Waals surface area contributed by atoms with E-state index in [2.05, 4.69) is 5.32 Å². The van der Waals surface area contributed by atoms with Crippen molar-refractivity contribution < 1.29 is 19.4 Å². The SMILES string of the molecule is CCOc1ccc(C(=O)N[C@H](Cc2ccccc2)C(=O)O)cc1. The third-order valence-electron chi connectivity index (χ3n) is 3.31. The Morgan fingerprint density at radius 2 is 1.74 bits per heavy atom. The lowest BCUT2D eigenvalue weighted by atomic mass is 10.1. The minimum absolute atomic E-state index is 0.235. The van der Waals surface area contributed by atoms with Crippen LogP contribution in [0.15, 0.2) is 54.6 Å². The number of carboxylic acids is 1. The first-order chi connectivity index (χ1) is 11.1. The second-order valence-corrected chi connectivity index (χ2v) is 5.01. The minimum atomic E-state index is -1.06. The fourth-order valence-corrected chi connectivity index (χ4v) is 2.16. The maximum absolute atomic E-state index is 12.2. The number of benzene rings is 2. The number of carboxylic acid groups (broad SMARTS) is 1. The molecule has 0 radical (unpaired) electrons. The summed E-state index contributed by atoms with van der Waals surface area (Å²) in [4.78, 5) is 23.6. The summed E-state index contributed by atoms with van der Waals surface area (Å²) in [5, 5.41) is 11.9. The number of aliphatic carboxylic acids is 1. The molecule has 0 spiro atoms. The number of amides is 1. The Bertz CT molecular complexity index is 652. The van der Waals surface area contributed by atoms with Crippen LogP contribution in [-0.4, -0.2) is 29.6 Å². The van der Waals surface area contributed by atoms with Gasteiger partial charge in [-0.05, 0) is 36.8 Å². The fraction of sp³-hybridized carbons (Fsp3) is 0.222. The molecule has 2 rings (SSSR count). The van der Waals surface area contributed by atoms with Crippen LogP contribution in [0.5, 0.6) is 5.75 Å². The molecule has 120 valence electrons. The van der Waals surface area contributed by atoms with Crippen LogP contribution < -0.4 is 10.1 Å². The van der Waals surface area contributed by atoms with E-state index in [9.17, 15) is 14.7 Å². The fourth-order valence-electron chi connectivity index (χ4n) is 2.16. The highest BCUT2D eigenvalue weighted by Crippen LogP contribution is 2.12. The molecule has 0 bridgehead atoms. The molecule has 2 aromatic rings. The number of carbonyl (C=O) groups excluding carboxylic acids is 1. The lowest BCUT2D eigenvalue weighted by Crippen LogP contribution is -2.42. The van der Waals surface area contributed by atoms with Gasteiger partial charge in [-0.3, -0.25) is 4.79 Å². The number of ether oxygens (including phenoxy) is 1. The number of carbonyl (C=O) groups is 2. The minimum Gasteiger partial charge on any atom is -0.494 e. The van der Waals surface area contributed by atoms with Crippen LogP contribution in [0, 0.1) is 0 Å². The second kappa shape index (κ2) is 7.98. The molecule has 5 nitrogen and oxygen atoms in total. The smallest absolute Gasteiger partial charge is 0.326 e. The van der Waals surface area contributed by atoms with Gasteiger partial charge in [-0.25, -0.2) is 4.79 Å². The van der Waals surface area contributed by atoms with Crippen molar-refractivity contribution in [2.75, 3.05) is 6.61 Å². The average Bonchev–Trinajstić information content (AvgIpc) is 2.56. The van der Waals surface area contributed by atoms with Gasteiger partial charge in [-0.15, -0.1) is 0 Å². The molecule has 0 aliphatic heterocycles. The summed E-state index contributed by atoms with van der Waals surface area (Å²) < 4.78 is 5.31. The van der Waals surface area contributed by atoms with E-state index in [-0.39, 0.29) is 6.42 Å². The van der Waals surface area contributed by atoms with E-state index < -0.39 is 17.9 Å². The third-order valence-corrected chi connectivity index (χ3v) is 3.31. The van der Waals surface area contributed by atoms with Crippen LogP contribution in [0.4, 0.5) is 0 Å². The molecule has 0 aromatic heterocycles. The van der Waals surface area contributed by atoms with Crippen LogP contribution in [0.25, 0.3) is 0 Å². The predicted octanol–water partition coefficient (Wildman–Crippen LogP) is 2.51. The first kappa shape index (κ1) is 16.5. The highest BCUT2D eigenvalue weighted by molar-refractivity contribution is 5.96. The van der Waals surface area contributed by atoms with Gasteiger partial charge in [-0.2, -0.15) is 0 Å². The summed E-state index contributed by atoms with van der Waals surface area (Å²) in [7, 11) is 0. The van der Waals surface area contributed by atoms with Crippen molar-refractivity contribution in [3.8, 4) is 5.75 Å². The maximum Gasteiger partial charge on any atom is 0.326 e. The molecule has 0 saturated carbocycles. The second-order valence-electron chi connectivity index (χ2n) is 5.01. The topological polar surface area (TPSA) is 75.6 Å². The number of hydrogen-bond donors (Lipinski definition) is 2. The number of nitrogens with one attached hydrogen (secondary N) is 1. The molecular weight excluding hydrogens is 294 g/mol. The molecule has 0 aliphatic carbocycles. The first-order valence-electron chi connectivity index (χ1n) is 7.40. The quantitative estimate of drug-likeness (QED) is 0.823. The summed E-state index contributed by atoms with van der Waals surface area (Å²) in [5.41, 5.74) is 1.25. The van der Waals surface area contributed by atoms with Crippen molar-refractivity contribution in [1.29, 1.82) is 0 Å². The molecular formula is C18H19NO4. The monoisotopic (exact) mass is 313 g/mol. The van der Waals surface area contributed by atoms with E-state index >= 15 is 0 Å². The molecule has 1 amide bonds. The van der Waals surface area contributed by atoms with E-state index in [1.165, 1.54) is 0 Å². The van der Waals surface area contributed by atoms with Gasteiger partial charge >= 0.3 is 5.97 Å². The standard InChI is InChI=1S/C18H19NO4/c1-2-23-15-10-8-14(9-11-15)17(20)19-16(18(21)22)12-13-6-4-3-5-7-13/h3-11,16H,2,12H2,1H3,(H,19,20)(H,21,22)/t16-/m1/s1. The zero-order valence-electron chi connectivity index (χ0n) is 12.9. The molecule has 1 atom stereocenters. The van der Waals surface area contributed by atoms with Crippen molar-refractivity contribution in [3.05, 3.63) is 65.7 Å². The van der Waals surface area contributed by atoms with E-state index in [1.807, 2.05) is 37.3 Å². The average molecular weight is 313 g/mol. The van der Waals surface area contributed by atoms with Gasteiger partial charge < -0.3 is 15.2 Å². The number of hydrogen-bond acceptors (Lipinski definition) is 3. The highest BCUT2D eigenvalue weighted by Gasteiger charge is 2.21. The van der Waals surface area contributed by atoms with E-state index in [4.69, 9.17) is 4.74 Å². The first-order valence-corrected chi connectivity index (χ1v) is 7.40. The van der Waals surface area contributed by atoms with Crippen molar-refractivity contribution in [3.63, 3.8) is 0 Å². The van der Waals surface area contributed by atoms with Crippen LogP contribution in [0.3, 0.4) is 0 Å². The molecule has 2 N–H and O–H groups in total. The van der Waals surface area contributed by atoms with Crippen LogP contribution in [0.1, 0.15) is 22.8 Å². The Morgan fingerprint density at radius 3 is 2.30 bits per heavy atom. The van der Waals surface area contributed by atoms with E-state index in [1.54, 1.807) is 24.3 Å². The van der Waals surface area contributed by atoms with Gasteiger partial charge in [0.2, 0.25) is 0 Å². The lowest BCUT2D eigenvalue weighted by Gasteiger charge is -2.15. The van der Waals surface area contributed by atoms with Gasteiger partial charge in [0.25, 0.3) is 5.91 Å². The molecule has 0 unspecified atom stereocenters. The summed E-state index contributed by atoms with van der Waals surface area (Å²) in [6, 6.07) is 14.8. The van der Waals surface area contributed by atoms with E-state index in [0.29, 0.717) is 17.9 Å². The molecule has 0 fully saturated rings. The van der Waals surface area contributed by atoms with Gasteiger partial charge in [0.05, 0.1) is 6.61 Å². The Balaban J connectivity index is 2.04. The molecule has 0 saturated heterocycles. The predicted molar refractivity (Wildman–Crippen MR) is 86.6 cm³/mol. The van der Waals surface area contributed by atoms with Crippen LogP contribution in [0.2, 0.25) is 0 Å². The zero-order valence-corrected chi connectivity index (χ0v) is 12.9. The van der Waals surface area contributed by atoms with Crippen LogP contribution >= 0.6 is 0 Å². The molecule has 0 aliphatic rings. The summed E-state index contributed by atoms with van der Waals surface area (Å²) in [6.45, 7) is 2.42. The molecule has 2 aromatic carbocycles. The maximum atomic E-state index is 12.2. The van der Waals surface area contributed by atoms with Crippen molar-refractivity contribution in [2.45, 2.75) is 19.4 Å². The Hall–Kier alpha value is -2.82. The summed E-state index contributed by atoms with van der Waals surface area (Å²) in [5.74, 6) is -0.812. The van der Waals surface area contributed by atoms with Gasteiger partial charge in [0.15, 0.2) is 0 Å². The molecule has 23 heavy (non-hydrogen) atoms. The van der Waals surface area contributed by atoms with E-state index in [0.717, 1.165) is 5.56 Å². The summed E-state index contributed by atoms with van der Waals surface area (Å²) in [6.07, 6.45) is 0.235. The Labute approximate surface area is 134 Å². The van der Waals surface area contributed by atoms with Gasteiger partial charge in [0, 0.05) is 12.0 Å². The van der Waals surface area contributed by atoms with Gasteiger partial charge in [0.1, 0.15) is 11.8 Å². The highest BCUT2D eigenvalue weighted by atomic mass is 16.5. The Morgan fingerprint density at radius 1 is 1.09 bits per heavy atom. The molecule has 0 heterocycles.